The minimum absolute atomic E-state index is 0.303. The number of carbonyl (C=O) groups excluding carboxylic acids is 1. The van der Waals surface area contributed by atoms with Crippen LogP contribution >= 0.6 is 0 Å². The SMILES string of the molecule is Cc1c(C2(c3ccc(N(C)C)cc3N(C)C)OC(=O)c3cc(N(C)C)ccc32)c2ccccc2n1C. The zero-order valence-electron chi connectivity index (χ0n) is 22.4. The Balaban J connectivity index is 1.95. The lowest BCUT2D eigenvalue weighted by Gasteiger charge is -2.34. The van der Waals surface area contributed by atoms with Crippen molar-refractivity contribution in [2.75, 3.05) is 57.0 Å². The van der Waals surface area contributed by atoms with Crippen molar-refractivity contribution in [1.82, 2.24) is 4.57 Å². The molecule has 36 heavy (non-hydrogen) atoms. The van der Waals surface area contributed by atoms with Crippen molar-refractivity contribution in [3.05, 3.63) is 88.6 Å². The highest BCUT2D eigenvalue weighted by atomic mass is 16.6. The van der Waals surface area contributed by atoms with Gasteiger partial charge in [-0.1, -0.05) is 30.3 Å². The summed E-state index contributed by atoms with van der Waals surface area (Å²) in [5, 5.41) is 1.08. The van der Waals surface area contributed by atoms with Crippen LogP contribution in [-0.2, 0) is 17.4 Å². The molecular formula is C30H34N4O2. The summed E-state index contributed by atoms with van der Waals surface area (Å²) in [4.78, 5) is 19.8. The van der Waals surface area contributed by atoms with Gasteiger partial charge in [-0.05, 0) is 37.3 Å². The van der Waals surface area contributed by atoms with Gasteiger partial charge in [0.25, 0.3) is 0 Å². The van der Waals surface area contributed by atoms with Gasteiger partial charge in [0.1, 0.15) is 0 Å². The largest absolute Gasteiger partial charge is 0.440 e. The maximum absolute atomic E-state index is 13.6. The maximum Gasteiger partial charge on any atom is 0.340 e. The summed E-state index contributed by atoms with van der Waals surface area (Å²) < 4.78 is 8.80. The zero-order valence-corrected chi connectivity index (χ0v) is 22.4. The fourth-order valence-corrected chi connectivity index (χ4v) is 5.49. The van der Waals surface area contributed by atoms with Crippen LogP contribution in [0.1, 0.15) is 32.7 Å². The number of benzene rings is 3. The first-order chi connectivity index (χ1) is 17.1. The molecule has 186 valence electrons. The van der Waals surface area contributed by atoms with Crippen LogP contribution < -0.4 is 14.7 Å². The second-order valence-electron chi connectivity index (χ2n) is 10.2. The summed E-state index contributed by atoms with van der Waals surface area (Å²) in [6.45, 7) is 2.11. The first-order valence-electron chi connectivity index (χ1n) is 12.2. The number of rotatable bonds is 5. The third-order valence-electron chi connectivity index (χ3n) is 7.48. The van der Waals surface area contributed by atoms with Gasteiger partial charge in [0, 0.05) is 99.7 Å². The monoisotopic (exact) mass is 482 g/mol. The molecule has 0 N–H and O–H groups in total. The van der Waals surface area contributed by atoms with E-state index in [0.29, 0.717) is 5.56 Å². The van der Waals surface area contributed by atoms with E-state index in [9.17, 15) is 4.79 Å². The van der Waals surface area contributed by atoms with E-state index in [1.54, 1.807) is 0 Å². The van der Waals surface area contributed by atoms with Crippen LogP contribution in [0.4, 0.5) is 17.1 Å². The van der Waals surface area contributed by atoms with Crippen molar-refractivity contribution in [2.45, 2.75) is 12.5 Å². The van der Waals surface area contributed by atoms with Crippen molar-refractivity contribution in [2.24, 2.45) is 7.05 Å². The zero-order chi connectivity index (χ0) is 25.9. The number of hydrogen-bond acceptors (Lipinski definition) is 5. The molecule has 0 radical (unpaired) electrons. The van der Waals surface area contributed by atoms with Gasteiger partial charge in [0.05, 0.1) is 5.56 Å². The van der Waals surface area contributed by atoms with Gasteiger partial charge in [-0.2, -0.15) is 0 Å². The Morgan fingerprint density at radius 2 is 1.39 bits per heavy atom. The molecule has 0 amide bonds. The highest BCUT2D eigenvalue weighted by molar-refractivity contribution is 6.00. The van der Waals surface area contributed by atoms with Crippen LogP contribution in [-0.4, -0.2) is 52.8 Å². The number of aryl methyl sites for hydroxylation is 1. The Kier molecular flexibility index (Phi) is 5.51. The number of cyclic esters (lactones) is 1. The normalized spacial score (nSPS) is 16.7. The van der Waals surface area contributed by atoms with Gasteiger partial charge >= 0.3 is 5.97 Å². The molecule has 0 fully saturated rings. The highest BCUT2D eigenvalue weighted by Crippen LogP contribution is 2.53. The third kappa shape index (κ3) is 3.28. The average molecular weight is 483 g/mol. The van der Waals surface area contributed by atoms with E-state index in [1.165, 1.54) is 0 Å². The Hall–Kier alpha value is -3.93. The lowest BCUT2D eigenvalue weighted by molar-refractivity contribution is 0.0255. The molecule has 1 unspecified atom stereocenters. The van der Waals surface area contributed by atoms with Crippen molar-refractivity contribution in [1.29, 1.82) is 0 Å². The molecule has 6 heteroatoms. The fraction of sp³-hybridized carbons (Fsp3) is 0.300. The van der Waals surface area contributed by atoms with Crippen LogP contribution in [0.5, 0.6) is 0 Å². The molecule has 6 nitrogen and oxygen atoms in total. The van der Waals surface area contributed by atoms with Gasteiger partial charge in [-0.25, -0.2) is 4.79 Å². The molecule has 0 saturated heterocycles. The van der Waals surface area contributed by atoms with Crippen LogP contribution in [0.3, 0.4) is 0 Å². The van der Waals surface area contributed by atoms with Gasteiger partial charge < -0.3 is 24.0 Å². The quantitative estimate of drug-likeness (QED) is 0.368. The van der Waals surface area contributed by atoms with Crippen molar-refractivity contribution in [3.63, 3.8) is 0 Å². The molecule has 5 rings (SSSR count). The third-order valence-corrected chi connectivity index (χ3v) is 7.48. The second kappa shape index (κ2) is 8.33. The van der Waals surface area contributed by atoms with Gasteiger partial charge in [-0.15, -0.1) is 0 Å². The molecule has 0 aliphatic carbocycles. The summed E-state index contributed by atoms with van der Waals surface area (Å²) in [5.74, 6) is -0.303. The topological polar surface area (TPSA) is 41.0 Å². The Labute approximate surface area is 213 Å². The van der Waals surface area contributed by atoms with Gasteiger partial charge in [0.15, 0.2) is 5.60 Å². The van der Waals surface area contributed by atoms with E-state index in [2.05, 4.69) is 70.8 Å². The summed E-state index contributed by atoms with van der Waals surface area (Å²) in [6, 6.07) is 20.8. The van der Waals surface area contributed by atoms with E-state index >= 15 is 0 Å². The molecule has 4 aromatic rings. The average Bonchev–Trinajstić information content (AvgIpc) is 3.29. The van der Waals surface area contributed by atoms with E-state index in [1.807, 2.05) is 65.4 Å². The first kappa shape index (κ1) is 23.8. The molecular weight excluding hydrogens is 448 g/mol. The number of carbonyl (C=O) groups is 1. The molecule has 1 atom stereocenters. The first-order valence-corrected chi connectivity index (χ1v) is 12.2. The molecule has 0 saturated carbocycles. The number of ether oxygens (including phenoxy) is 1. The van der Waals surface area contributed by atoms with E-state index in [0.717, 1.165) is 50.3 Å². The molecule has 0 bridgehead atoms. The number of para-hydroxylation sites is 1. The molecule has 1 aliphatic heterocycles. The minimum Gasteiger partial charge on any atom is -0.440 e. The number of fused-ring (bicyclic) bond motifs is 2. The number of hydrogen-bond donors (Lipinski definition) is 0. The highest BCUT2D eigenvalue weighted by Gasteiger charge is 2.52. The molecule has 1 aromatic heterocycles. The minimum atomic E-state index is -1.09. The molecule has 1 aliphatic rings. The summed E-state index contributed by atoms with van der Waals surface area (Å²) in [5.41, 5.74) is 7.57. The van der Waals surface area contributed by atoms with Gasteiger partial charge in [-0.3, -0.25) is 0 Å². The summed E-state index contributed by atoms with van der Waals surface area (Å²) in [7, 11) is 14.2. The lowest BCUT2D eigenvalue weighted by atomic mass is 9.77. The second-order valence-corrected chi connectivity index (χ2v) is 10.2. The lowest BCUT2D eigenvalue weighted by Crippen LogP contribution is -2.32. The van der Waals surface area contributed by atoms with Crippen LogP contribution in [0, 0.1) is 6.92 Å². The van der Waals surface area contributed by atoms with Crippen LogP contribution in [0.25, 0.3) is 10.9 Å². The number of esters is 1. The summed E-state index contributed by atoms with van der Waals surface area (Å²) in [6.07, 6.45) is 0. The predicted molar refractivity (Wildman–Crippen MR) is 149 cm³/mol. The molecule has 2 heterocycles. The standard InChI is InChI=1S/C30H34N4O2/c1-19-28(22-11-9-10-12-26(22)34(19)8)30(25-16-14-21(32(4)5)18-27(25)33(6)7)24-15-13-20(31(2)3)17-23(24)29(35)36-30/h9-18H,1-8H3. The molecule has 3 aromatic carbocycles. The van der Waals surface area contributed by atoms with Gasteiger partial charge in [0.2, 0.25) is 0 Å². The number of aromatic nitrogens is 1. The van der Waals surface area contributed by atoms with Crippen LogP contribution in [0.2, 0.25) is 0 Å². The molecule has 0 spiro atoms. The fourth-order valence-electron chi connectivity index (χ4n) is 5.49. The predicted octanol–water partition coefficient (Wildman–Crippen LogP) is 5.15. The van der Waals surface area contributed by atoms with Crippen molar-refractivity contribution >= 4 is 33.9 Å². The van der Waals surface area contributed by atoms with E-state index in [4.69, 9.17) is 4.74 Å². The summed E-state index contributed by atoms with van der Waals surface area (Å²) >= 11 is 0. The van der Waals surface area contributed by atoms with E-state index < -0.39 is 5.60 Å². The Bertz CT molecular complexity index is 1500. The number of anilines is 3. The van der Waals surface area contributed by atoms with E-state index in [-0.39, 0.29) is 5.97 Å². The number of nitrogens with zero attached hydrogens (tertiary/aromatic N) is 4. The van der Waals surface area contributed by atoms with Crippen molar-refractivity contribution in [3.8, 4) is 0 Å². The van der Waals surface area contributed by atoms with Crippen molar-refractivity contribution < 1.29 is 9.53 Å². The smallest absolute Gasteiger partial charge is 0.340 e. The van der Waals surface area contributed by atoms with Crippen LogP contribution in [0.15, 0.2) is 60.7 Å². The Morgan fingerprint density at radius 1 is 0.778 bits per heavy atom. The Morgan fingerprint density at radius 3 is 2.03 bits per heavy atom. The maximum atomic E-state index is 13.6.